The van der Waals surface area contributed by atoms with Crippen LogP contribution in [0.2, 0.25) is 0 Å². The van der Waals surface area contributed by atoms with Crippen molar-refractivity contribution in [3.63, 3.8) is 0 Å². The van der Waals surface area contributed by atoms with Crippen LogP contribution in [0.1, 0.15) is 21.6 Å². The molecule has 0 aliphatic rings. The molecule has 220 valence electrons. The van der Waals surface area contributed by atoms with Crippen LogP contribution in [0, 0.1) is 6.92 Å². The molecule has 0 fully saturated rings. The maximum atomic E-state index is 14.0. The summed E-state index contributed by atoms with van der Waals surface area (Å²) in [7, 11) is 7.92. The number of rotatable bonds is 10. The Kier molecular flexibility index (Phi) is 8.72. The monoisotopic (exact) mass is 576 g/mol. The Balaban J connectivity index is 1.38. The lowest BCUT2D eigenvalue weighted by molar-refractivity contribution is 0.0727. The van der Waals surface area contributed by atoms with Crippen molar-refractivity contribution in [1.82, 2.24) is 34.8 Å². The quantitative estimate of drug-likeness (QED) is 0.244. The Morgan fingerprint density at radius 3 is 2.21 bits per heavy atom. The SMILES string of the molecule is Cc1cc2cc(C(=O)N(Cc3ccc(-c4ccc(N(C)CCN(C)C)nc4)cn3)N(C)c3ncccn3)ccc2nc1N. The topological polar surface area (TPSA) is 121 Å². The number of fused-ring (bicyclic) bond motifs is 1. The number of carbonyl (C=O) groups excluding carboxylic acids is 1. The maximum Gasteiger partial charge on any atom is 0.272 e. The molecule has 0 radical (unpaired) electrons. The molecule has 4 heterocycles. The van der Waals surface area contributed by atoms with Crippen molar-refractivity contribution in [2.75, 3.05) is 56.9 Å². The van der Waals surface area contributed by atoms with Crippen LogP contribution in [0.15, 0.2) is 79.4 Å². The van der Waals surface area contributed by atoms with Gasteiger partial charge in [0.1, 0.15) is 11.6 Å². The highest BCUT2D eigenvalue weighted by Crippen LogP contribution is 2.23. The summed E-state index contributed by atoms with van der Waals surface area (Å²) >= 11 is 0. The molecule has 0 atom stereocenters. The molecule has 0 bridgehead atoms. The van der Waals surface area contributed by atoms with E-state index in [0.29, 0.717) is 23.0 Å². The number of nitrogens with zero attached hydrogens (tertiary/aromatic N) is 9. The molecule has 5 rings (SSSR count). The minimum absolute atomic E-state index is 0.207. The standard InChI is InChI=1S/C32H36N10O/c1-22-17-26-18-23(8-11-28(26)38-30(22)33)31(43)42(41(5)32-34-13-6-14-35-32)21-27-10-7-24(19-36-27)25-9-12-29(37-20-25)40(4)16-15-39(2)3/h6-14,17-20H,15-16,21H2,1-5H3,(H2,33,38). The van der Waals surface area contributed by atoms with Crippen molar-refractivity contribution in [3.05, 3.63) is 96.2 Å². The zero-order chi connectivity index (χ0) is 30.5. The van der Waals surface area contributed by atoms with E-state index in [9.17, 15) is 4.79 Å². The molecule has 11 nitrogen and oxygen atoms in total. The summed E-state index contributed by atoms with van der Waals surface area (Å²) in [6.45, 7) is 3.94. The van der Waals surface area contributed by atoms with Gasteiger partial charge in [-0.1, -0.05) is 6.07 Å². The summed E-state index contributed by atoms with van der Waals surface area (Å²) in [6, 6.07) is 17.0. The third kappa shape index (κ3) is 6.84. The zero-order valence-corrected chi connectivity index (χ0v) is 25.1. The number of amides is 1. The molecule has 0 aliphatic carbocycles. The Morgan fingerprint density at radius 1 is 0.837 bits per heavy atom. The summed E-state index contributed by atoms with van der Waals surface area (Å²) in [5.41, 5.74) is 10.7. The molecule has 5 aromatic rings. The van der Waals surface area contributed by atoms with Crippen molar-refractivity contribution in [1.29, 1.82) is 0 Å². The lowest BCUT2D eigenvalue weighted by atomic mass is 10.1. The highest BCUT2D eigenvalue weighted by atomic mass is 16.2. The van der Waals surface area contributed by atoms with E-state index < -0.39 is 0 Å². The van der Waals surface area contributed by atoms with Crippen LogP contribution in [0.5, 0.6) is 0 Å². The number of nitrogens with two attached hydrogens (primary N) is 1. The fourth-order valence-corrected chi connectivity index (χ4v) is 4.55. The van der Waals surface area contributed by atoms with Gasteiger partial charge >= 0.3 is 0 Å². The number of hydrogen-bond donors (Lipinski definition) is 1. The molecule has 0 saturated carbocycles. The smallest absolute Gasteiger partial charge is 0.272 e. The largest absolute Gasteiger partial charge is 0.383 e. The number of aryl methyl sites for hydroxylation is 1. The highest BCUT2D eigenvalue weighted by Gasteiger charge is 2.24. The number of hydrazine groups is 1. The molecular weight excluding hydrogens is 540 g/mol. The number of pyridine rings is 3. The second kappa shape index (κ2) is 12.8. The van der Waals surface area contributed by atoms with Gasteiger partial charge in [0.15, 0.2) is 0 Å². The molecule has 43 heavy (non-hydrogen) atoms. The van der Waals surface area contributed by atoms with E-state index in [1.807, 2.05) is 62.6 Å². The second-order valence-corrected chi connectivity index (χ2v) is 10.7. The van der Waals surface area contributed by atoms with Crippen LogP contribution in [-0.4, -0.2) is 82.0 Å². The Morgan fingerprint density at radius 2 is 1.56 bits per heavy atom. The second-order valence-electron chi connectivity index (χ2n) is 10.7. The van der Waals surface area contributed by atoms with Crippen molar-refractivity contribution >= 4 is 34.4 Å². The lowest BCUT2D eigenvalue weighted by Crippen LogP contribution is -2.45. The Labute approximate surface area is 251 Å². The first-order valence-electron chi connectivity index (χ1n) is 14.0. The van der Waals surface area contributed by atoms with E-state index in [1.54, 1.807) is 47.8 Å². The normalized spacial score (nSPS) is 11.1. The molecule has 0 spiro atoms. The van der Waals surface area contributed by atoms with Gasteiger partial charge in [-0.15, -0.1) is 0 Å². The van der Waals surface area contributed by atoms with Crippen LogP contribution in [0.3, 0.4) is 0 Å². The summed E-state index contributed by atoms with van der Waals surface area (Å²) in [5, 5.41) is 4.06. The summed E-state index contributed by atoms with van der Waals surface area (Å²) in [4.78, 5) is 40.7. The molecule has 0 aliphatic heterocycles. The number of anilines is 3. The van der Waals surface area contributed by atoms with Gasteiger partial charge in [-0.3, -0.25) is 14.8 Å². The van der Waals surface area contributed by atoms with Crippen LogP contribution in [0.4, 0.5) is 17.6 Å². The van der Waals surface area contributed by atoms with Gasteiger partial charge in [0, 0.05) is 74.0 Å². The van der Waals surface area contributed by atoms with Crippen molar-refractivity contribution in [2.24, 2.45) is 0 Å². The van der Waals surface area contributed by atoms with E-state index >= 15 is 0 Å². The first-order chi connectivity index (χ1) is 20.7. The average molecular weight is 577 g/mol. The van der Waals surface area contributed by atoms with E-state index in [-0.39, 0.29) is 12.5 Å². The van der Waals surface area contributed by atoms with Crippen LogP contribution < -0.4 is 15.6 Å². The lowest BCUT2D eigenvalue weighted by Gasteiger charge is -2.31. The summed E-state index contributed by atoms with van der Waals surface area (Å²) in [6.07, 6.45) is 6.95. The molecule has 11 heteroatoms. The highest BCUT2D eigenvalue weighted by molar-refractivity contribution is 5.98. The van der Waals surface area contributed by atoms with Crippen LogP contribution in [-0.2, 0) is 6.54 Å². The predicted octanol–water partition coefficient (Wildman–Crippen LogP) is 4.06. The van der Waals surface area contributed by atoms with Gasteiger partial charge in [-0.2, -0.15) is 0 Å². The number of benzene rings is 1. The third-order valence-corrected chi connectivity index (χ3v) is 7.22. The molecule has 1 amide bonds. The number of nitrogen functional groups attached to an aromatic ring is 1. The molecule has 0 saturated heterocycles. The Bertz CT molecular complexity index is 1690. The van der Waals surface area contributed by atoms with Gasteiger partial charge in [0.2, 0.25) is 5.95 Å². The summed E-state index contributed by atoms with van der Waals surface area (Å²) < 4.78 is 0. The number of hydrogen-bond acceptors (Lipinski definition) is 10. The van der Waals surface area contributed by atoms with E-state index in [4.69, 9.17) is 10.7 Å². The molecule has 0 unspecified atom stereocenters. The zero-order valence-electron chi connectivity index (χ0n) is 25.1. The van der Waals surface area contributed by atoms with Crippen LogP contribution in [0.25, 0.3) is 22.0 Å². The summed E-state index contributed by atoms with van der Waals surface area (Å²) in [5.74, 6) is 1.55. The van der Waals surface area contributed by atoms with E-state index in [1.165, 1.54) is 0 Å². The van der Waals surface area contributed by atoms with Gasteiger partial charge in [-0.05, 0) is 75.1 Å². The molecule has 1 aromatic carbocycles. The first-order valence-corrected chi connectivity index (χ1v) is 14.0. The Hall–Kier alpha value is -5.16. The molecule has 4 aromatic heterocycles. The average Bonchev–Trinajstić information content (AvgIpc) is 3.03. The third-order valence-electron chi connectivity index (χ3n) is 7.22. The minimum atomic E-state index is -0.226. The fourth-order valence-electron chi connectivity index (χ4n) is 4.55. The molecular formula is C32H36N10O. The number of likely N-dealkylation sites (N-methyl/N-ethyl adjacent to an activating group) is 2. The van der Waals surface area contributed by atoms with Crippen molar-refractivity contribution in [2.45, 2.75) is 13.5 Å². The van der Waals surface area contributed by atoms with Gasteiger partial charge < -0.3 is 15.5 Å². The van der Waals surface area contributed by atoms with Gasteiger partial charge in [0.25, 0.3) is 5.91 Å². The van der Waals surface area contributed by atoms with E-state index in [0.717, 1.165) is 46.5 Å². The van der Waals surface area contributed by atoms with Gasteiger partial charge in [-0.25, -0.2) is 24.9 Å². The van der Waals surface area contributed by atoms with Crippen molar-refractivity contribution in [3.8, 4) is 11.1 Å². The number of carbonyl (C=O) groups is 1. The van der Waals surface area contributed by atoms with E-state index in [2.05, 4.69) is 43.8 Å². The predicted molar refractivity (Wildman–Crippen MR) is 170 cm³/mol. The minimum Gasteiger partial charge on any atom is -0.383 e. The van der Waals surface area contributed by atoms with Crippen LogP contribution >= 0.6 is 0 Å². The number of aromatic nitrogens is 5. The fraction of sp³-hybridized carbons (Fsp3) is 0.250. The first kappa shape index (κ1) is 29.3. The molecule has 2 N–H and O–H groups in total. The maximum absolute atomic E-state index is 14.0. The van der Waals surface area contributed by atoms with Gasteiger partial charge in [0.05, 0.1) is 17.8 Å². The van der Waals surface area contributed by atoms with Crippen molar-refractivity contribution < 1.29 is 4.79 Å².